The summed E-state index contributed by atoms with van der Waals surface area (Å²) in [5.74, 6) is -0.00441. The van der Waals surface area contributed by atoms with Crippen LogP contribution in [-0.4, -0.2) is 47.5 Å². The molecule has 0 aromatic heterocycles. The van der Waals surface area contributed by atoms with E-state index in [1.165, 1.54) is 32.4 Å². The lowest BCUT2D eigenvalue weighted by atomic mass is 10.2. The van der Waals surface area contributed by atoms with Gasteiger partial charge < -0.3 is 9.47 Å². The molecule has 0 heterocycles. The van der Waals surface area contributed by atoms with Gasteiger partial charge in [0.15, 0.2) is 21.3 Å². The van der Waals surface area contributed by atoms with Crippen LogP contribution >= 0.6 is 0 Å². The van der Waals surface area contributed by atoms with E-state index in [9.17, 15) is 16.8 Å². The van der Waals surface area contributed by atoms with Crippen LogP contribution in [-0.2, 0) is 26.4 Å². The predicted molar refractivity (Wildman–Crippen MR) is 98.4 cm³/mol. The van der Waals surface area contributed by atoms with E-state index >= 15 is 0 Å². The molecule has 2 aromatic rings. The molecule has 0 bridgehead atoms. The Labute approximate surface area is 154 Å². The van der Waals surface area contributed by atoms with Crippen LogP contribution < -0.4 is 9.47 Å². The van der Waals surface area contributed by atoms with Crippen molar-refractivity contribution >= 4 is 19.9 Å². The van der Waals surface area contributed by atoms with Gasteiger partial charge in [0.25, 0.3) is 0 Å². The summed E-state index contributed by atoms with van der Waals surface area (Å²) in [6, 6.07) is 12.9. The van der Waals surface area contributed by atoms with E-state index < -0.39 is 25.7 Å². The molecule has 0 spiro atoms. The zero-order chi connectivity index (χ0) is 19.4. The highest BCUT2D eigenvalue weighted by Gasteiger charge is 2.28. The average Bonchev–Trinajstić information content (AvgIpc) is 2.60. The molecular weight excluding hydrogens is 378 g/mol. The number of rotatable bonds is 8. The standard InChI is InChI=1S/C17H21NO6S2/c1-23-16-10-9-15(11-17(16)24-2)26(21,22)18(13-25(3,19)20)12-14-7-5-4-6-8-14/h4-11H,12-13H2,1-3H3. The second-order valence-corrected chi connectivity index (χ2v) is 9.72. The van der Waals surface area contributed by atoms with Gasteiger partial charge in [0, 0.05) is 18.9 Å². The highest BCUT2D eigenvalue weighted by Crippen LogP contribution is 2.31. The molecular formula is C17H21NO6S2. The third kappa shape index (κ3) is 4.96. The van der Waals surface area contributed by atoms with E-state index in [-0.39, 0.29) is 17.2 Å². The molecule has 0 N–H and O–H groups in total. The average molecular weight is 399 g/mol. The van der Waals surface area contributed by atoms with Crippen molar-refractivity contribution < 1.29 is 26.3 Å². The number of nitrogens with zero attached hydrogens (tertiary/aromatic N) is 1. The Morgan fingerprint density at radius 3 is 2.04 bits per heavy atom. The van der Waals surface area contributed by atoms with Crippen LogP contribution in [0.4, 0.5) is 0 Å². The monoisotopic (exact) mass is 399 g/mol. The van der Waals surface area contributed by atoms with E-state index in [1.54, 1.807) is 30.3 Å². The third-order valence-electron chi connectivity index (χ3n) is 3.57. The number of sulfone groups is 1. The minimum Gasteiger partial charge on any atom is -0.493 e. The van der Waals surface area contributed by atoms with Gasteiger partial charge in [0.2, 0.25) is 10.0 Å². The Morgan fingerprint density at radius 2 is 1.50 bits per heavy atom. The minimum atomic E-state index is -4.07. The van der Waals surface area contributed by atoms with E-state index in [1.807, 2.05) is 0 Å². The molecule has 0 fully saturated rings. The Bertz CT molecular complexity index is 956. The topological polar surface area (TPSA) is 90.0 Å². The van der Waals surface area contributed by atoms with Gasteiger partial charge in [0.1, 0.15) is 5.88 Å². The second kappa shape index (κ2) is 8.07. The first-order valence-electron chi connectivity index (χ1n) is 7.61. The van der Waals surface area contributed by atoms with Crippen LogP contribution in [0.15, 0.2) is 53.4 Å². The van der Waals surface area contributed by atoms with Crippen LogP contribution in [0.3, 0.4) is 0 Å². The fraction of sp³-hybridized carbons (Fsp3) is 0.294. The lowest BCUT2D eigenvalue weighted by Crippen LogP contribution is -2.35. The first-order valence-corrected chi connectivity index (χ1v) is 11.1. The zero-order valence-corrected chi connectivity index (χ0v) is 16.4. The third-order valence-corrected chi connectivity index (χ3v) is 6.30. The largest absolute Gasteiger partial charge is 0.493 e. The van der Waals surface area contributed by atoms with Gasteiger partial charge >= 0.3 is 0 Å². The fourth-order valence-electron chi connectivity index (χ4n) is 2.37. The Kier molecular flexibility index (Phi) is 6.27. The number of sulfonamides is 1. The molecule has 2 rings (SSSR count). The summed E-state index contributed by atoms with van der Waals surface area (Å²) < 4.78 is 60.8. The molecule has 0 atom stereocenters. The van der Waals surface area contributed by atoms with Gasteiger partial charge in [-0.05, 0) is 17.7 Å². The van der Waals surface area contributed by atoms with Crippen molar-refractivity contribution in [2.24, 2.45) is 0 Å². The fourth-order valence-corrected chi connectivity index (χ4v) is 5.23. The smallest absolute Gasteiger partial charge is 0.244 e. The summed E-state index contributed by atoms with van der Waals surface area (Å²) >= 11 is 0. The van der Waals surface area contributed by atoms with Crippen molar-refractivity contribution in [1.82, 2.24) is 4.31 Å². The van der Waals surface area contributed by atoms with Gasteiger partial charge in [-0.15, -0.1) is 0 Å². The molecule has 0 unspecified atom stereocenters. The maximum absolute atomic E-state index is 13.0. The molecule has 0 saturated heterocycles. The zero-order valence-electron chi connectivity index (χ0n) is 14.7. The summed E-state index contributed by atoms with van der Waals surface area (Å²) in [7, 11) is -4.81. The quantitative estimate of drug-likeness (QED) is 0.673. The number of benzene rings is 2. The number of ether oxygens (including phenoxy) is 2. The summed E-state index contributed by atoms with van der Waals surface area (Å²) in [5.41, 5.74) is 0.681. The van der Waals surface area contributed by atoms with E-state index in [0.29, 0.717) is 11.3 Å². The molecule has 0 saturated carbocycles. The molecule has 0 radical (unpaired) electrons. The molecule has 0 aliphatic heterocycles. The molecule has 0 aliphatic rings. The molecule has 26 heavy (non-hydrogen) atoms. The Balaban J connectivity index is 2.48. The SMILES string of the molecule is COc1ccc(S(=O)(=O)N(Cc2ccccc2)CS(C)(=O)=O)cc1OC. The number of hydrogen-bond acceptors (Lipinski definition) is 6. The Hall–Kier alpha value is -2.10. The van der Waals surface area contributed by atoms with Crippen molar-refractivity contribution in [3.05, 3.63) is 54.1 Å². The van der Waals surface area contributed by atoms with Gasteiger partial charge in [-0.2, -0.15) is 4.31 Å². The summed E-state index contributed by atoms with van der Waals surface area (Å²) in [6.07, 6.45) is 0.995. The van der Waals surface area contributed by atoms with Crippen molar-refractivity contribution in [2.45, 2.75) is 11.4 Å². The predicted octanol–water partition coefficient (Wildman–Crippen LogP) is 1.90. The van der Waals surface area contributed by atoms with Crippen LogP contribution in [0.25, 0.3) is 0 Å². The van der Waals surface area contributed by atoms with Crippen LogP contribution in [0.2, 0.25) is 0 Å². The van der Waals surface area contributed by atoms with Crippen molar-refractivity contribution in [3.8, 4) is 11.5 Å². The highest BCUT2D eigenvalue weighted by atomic mass is 32.2. The molecule has 142 valence electrons. The summed E-state index contributed by atoms with van der Waals surface area (Å²) in [6.45, 7) is -0.0649. The molecule has 2 aromatic carbocycles. The van der Waals surface area contributed by atoms with Crippen molar-refractivity contribution in [1.29, 1.82) is 0 Å². The van der Waals surface area contributed by atoms with Crippen LogP contribution in [0.5, 0.6) is 11.5 Å². The maximum atomic E-state index is 13.0. The first-order chi connectivity index (χ1) is 12.2. The highest BCUT2D eigenvalue weighted by molar-refractivity contribution is 7.93. The normalized spacial score (nSPS) is 12.2. The van der Waals surface area contributed by atoms with E-state index in [2.05, 4.69) is 0 Å². The van der Waals surface area contributed by atoms with E-state index in [0.717, 1.165) is 10.6 Å². The van der Waals surface area contributed by atoms with E-state index in [4.69, 9.17) is 9.47 Å². The maximum Gasteiger partial charge on any atom is 0.244 e. The van der Waals surface area contributed by atoms with Gasteiger partial charge in [-0.1, -0.05) is 30.3 Å². The summed E-state index contributed by atoms with van der Waals surface area (Å²) in [5, 5.41) is 0. The van der Waals surface area contributed by atoms with Crippen molar-refractivity contribution in [2.75, 3.05) is 26.4 Å². The molecule has 0 amide bonds. The number of methoxy groups -OCH3 is 2. The first kappa shape index (κ1) is 20.2. The van der Waals surface area contributed by atoms with Gasteiger partial charge in [0.05, 0.1) is 19.1 Å². The minimum absolute atomic E-state index is 0.0649. The molecule has 7 nitrogen and oxygen atoms in total. The van der Waals surface area contributed by atoms with Gasteiger partial charge in [-0.25, -0.2) is 16.8 Å². The van der Waals surface area contributed by atoms with Crippen LogP contribution in [0, 0.1) is 0 Å². The lowest BCUT2D eigenvalue weighted by molar-refractivity contribution is 0.353. The molecule has 0 aliphatic carbocycles. The summed E-state index contributed by atoms with van der Waals surface area (Å²) in [4.78, 5) is -0.0743. The lowest BCUT2D eigenvalue weighted by Gasteiger charge is -2.22. The number of hydrogen-bond donors (Lipinski definition) is 0. The molecule has 9 heteroatoms. The Morgan fingerprint density at radius 1 is 0.885 bits per heavy atom. The van der Waals surface area contributed by atoms with Crippen LogP contribution in [0.1, 0.15) is 5.56 Å². The second-order valence-electron chi connectivity index (χ2n) is 5.67. The van der Waals surface area contributed by atoms with Gasteiger partial charge in [-0.3, -0.25) is 0 Å². The van der Waals surface area contributed by atoms with Crippen molar-refractivity contribution in [3.63, 3.8) is 0 Å².